The molecule has 0 atom stereocenters. The quantitative estimate of drug-likeness (QED) is 0.611. The number of hydrogen-bond acceptors (Lipinski definition) is 5. The summed E-state index contributed by atoms with van der Waals surface area (Å²) in [6, 6.07) is 3.13. The van der Waals surface area contributed by atoms with Crippen LogP contribution < -0.4 is 4.74 Å². The molecule has 1 rings (SSSR count). The molecule has 1 aromatic rings. The average molecular weight is 386 g/mol. The number of benzene rings is 1. The van der Waals surface area contributed by atoms with E-state index in [0.29, 0.717) is 6.42 Å². The van der Waals surface area contributed by atoms with E-state index in [2.05, 4.69) is 4.74 Å². The van der Waals surface area contributed by atoms with E-state index >= 15 is 0 Å². The molecule has 136 valence electrons. The molecule has 0 aliphatic carbocycles. The van der Waals surface area contributed by atoms with Gasteiger partial charge in [0, 0.05) is 6.54 Å². The first kappa shape index (κ1) is 20.6. The van der Waals surface area contributed by atoms with Crippen LogP contribution in [0.4, 0.5) is 8.78 Å². The highest BCUT2D eigenvalue weighted by Gasteiger charge is 2.27. The highest BCUT2D eigenvalue weighted by molar-refractivity contribution is 7.89. The van der Waals surface area contributed by atoms with Crippen LogP contribution in [-0.2, 0) is 19.6 Å². The number of carbonyl (C=O) groups excluding carboxylic acids is 1. The highest BCUT2D eigenvalue weighted by atomic mass is 35.5. The van der Waals surface area contributed by atoms with Crippen molar-refractivity contribution in [3.63, 3.8) is 0 Å². The van der Waals surface area contributed by atoms with E-state index < -0.39 is 29.1 Å². The Balaban J connectivity index is 3.10. The minimum absolute atomic E-state index is 0.0913. The second-order valence-corrected chi connectivity index (χ2v) is 6.96. The third-order valence-electron chi connectivity index (χ3n) is 2.84. The molecule has 0 fully saturated rings. The van der Waals surface area contributed by atoms with Gasteiger partial charge in [0.25, 0.3) is 0 Å². The SMILES string of the molecule is CCCN(CC(=O)OCC)S(=O)(=O)c1ccc(OC(F)F)c(Cl)c1. The summed E-state index contributed by atoms with van der Waals surface area (Å²) >= 11 is 5.78. The van der Waals surface area contributed by atoms with Crippen molar-refractivity contribution in [2.24, 2.45) is 0 Å². The number of hydrogen-bond donors (Lipinski definition) is 0. The molecule has 24 heavy (non-hydrogen) atoms. The molecule has 0 N–H and O–H groups in total. The number of alkyl halides is 2. The minimum atomic E-state index is -4.04. The van der Waals surface area contributed by atoms with Crippen molar-refractivity contribution in [2.45, 2.75) is 31.8 Å². The molecule has 0 saturated heterocycles. The number of ether oxygens (including phenoxy) is 2. The van der Waals surface area contributed by atoms with Gasteiger partial charge >= 0.3 is 12.6 Å². The molecule has 0 bridgehead atoms. The fourth-order valence-corrected chi connectivity index (χ4v) is 3.66. The maximum atomic E-state index is 12.6. The lowest BCUT2D eigenvalue weighted by Gasteiger charge is -2.21. The molecule has 0 amide bonds. The second-order valence-electron chi connectivity index (χ2n) is 4.61. The Morgan fingerprint density at radius 3 is 2.50 bits per heavy atom. The van der Waals surface area contributed by atoms with Gasteiger partial charge in [-0.15, -0.1) is 0 Å². The maximum Gasteiger partial charge on any atom is 0.387 e. The number of halogens is 3. The molecule has 0 unspecified atom stereocenters. The zero-order valence-corrected chi connectivity index (χ0v) is 14.7. The van der Waals surface area contributed by atoms with Gasteiger partial charge in [-0.2, -0.15) is 13.1 Å². The lowest BCUT2D eigenvalue weighted by atomic mass is 10.3. The van der Waals surface area contributed by atoms with Crippen LogP contribution in [0.15, 0.2) is 23.1 Å². The van der Waals surface area contributed by atoms with Crippen molar-refractivity contribution in [1.29, 1.82) is 0 Å². The van der Waals surface area contributed by atoms with Gasteiger partial charge in [0.2, 0.25) is 10.0 Å². The Morgan fingerprint density at radius 2 is 2.00 bits per heavy atom. The summed E-state index contributed by atoms with van der Waals surface area (Å²) in [5.41, 5.74) is 0. The second kappa shape index (κ2) is 9.14. The van der Waals surface area contributed by atoms with Crippen molar-refractivity contribution < 1.29 is 31.5 Å². The average Bonchev–Trinajstić information content (AvgIpc) is 2.48. The van der Waals surface area contributed by atoms with E-state index in [1.54, 1.807) is 13.8 Å². The van der Waals surface area contributed by atoms with Gasteiger partial charge in [-0.25, -0.2) is 8.42 Å². The van der Waals surface area contributed by atoms with Crippen LogP contribution in [0.5, 0.6) is 5.75 Å². The molecule has 0 aliphatic heterocycles. The van der Waals surface area contributed by atoms with Crippen LogP contribution in [0, 0.1) is 0 Å². The van der Waals surface area contributed by atoms with Gasteiger partial charge in [0.05, 0.1) is 16.5 Å². The Labute approximate surface area is 144 Å². The Bertz CT molecular complexity index is 669. The number of esters is 1. The lowest BCUT2D eigenvalue weighted by molar-refractivity contribution is -0.143. The zero-order chi connectivity index (χ0) is 18.3. The van der Waals surface area contributed by atoms with E-state index in [0.717, 1.165) is 22.5 Å². The Hall–Kier alpha value is -1.45. The number of rotatable bonds is 9. The molecule has 0 aromatic heterocycles. The van der Waals surface area contributed by atoms with Crippen molar-refractivity contribution in [1.82, 2.24) is 4.31 Å². The fraction of sp³-hybridized carbons (Fsp3) is 0.500. The summed E-state index contributed by atoms with van der Waals surface area (Å²) in [7, 11) is -4.04. The number of sulfonamides is 1. The first-order valence-corrected chi connectivity index (χ1v) is 8.94. The summed E-state index contributed by atoms with van der Waals surface area (Å²) in [5, 5.41) is -0.274. The van der Waals surface area contributed by atoms with Crippen molar-refractivity contribution >= 4 is 27.6 Å². The summed E-state index contributed by atoms with van der Waals surface area (Å²) in [4.78, 5) is 11.4. The van der Waals surface area contributed by atoms with Gasteiger partial charge in [0.1, 0.15) is 12.3 Å². The number of nitrogens with zero attached hydrogens (tertiary/aromatic N) is 1. The molecule has 0 spiro atoms. The van der Waals surface area contributed by atoms with E-state index in [4.69, 9.17) is 16.3 Å². The molecule has 0 aliphatic rings. The standard InChI is InChI=1S/C14H18ClF2NO5S/c1-3-7-18(9-13(19)22-4-2)24(20,21)10-5-6-12(11(15)8-10)23-14(16)17/h5-6,8,14H,3-4,7,9H2,1-2H3. The highest BCUT2D eigenvalue weighted by Crippen LogP contribution is 2.29. The zero-order valence-electron chi connectivity index (χ0n) is 13.2. The molecular formula is C14H18ClF2NO5S. The normalized spacial score (nSPS) is 11.8. The van der Waals surface area contributed by atoms with Gasteiger partial charge in [0.15, 0.2) is 0 Å². The number of carbonyl (C=O) groups is 1. The Morgan fingerprint density at radius 1 is 1.33 bits per heavy atom. The molecule has 1 aromatic carbocycles. The van der Waals surface area contributed by atoms with Gasteiger partial charge in [-0.1, -0.05) is 18.5 Å². The van der Waals surface area contributed by atoms with Crippen LogP contribution in [-0.4, -0.2) is 45.0 Å². The Kier molecular flexibility index (Phi) is 7.85. The third kappa shape index (κ3) is 5.57. The topological polar surface area (TPSA) is 72.9 Å². The van der Waals surface area contributed by atoms with E-state index in [9.17, 15) is 22.0 Å². The van der Waals surface area contributed by atoms with Crippen LogP contribution in [0.1, 0.15) is 20.3 Å². The van der Waals surface area contributed by atoms with Crippen LogP contribution >= 0.6 is 11.6 Å². The van der Waals surface area contributed by atoms with Crippen molar-refractivity contribution in [2.75, 3.05) is 19.7 Å². The molecule has 6 nitrogen and oxygen atoms in total. The monoisotopic (exact) mass is 385 g/mol. The third-order valence-corrected chi connectivity index (χ3v) is 4.98. The predicted octanol–water partition coefficient (Wildman–Crippen LogP) is 2.91. The van der Waals surface area contributed by atoms with Crippen LogP contribution in [0.2, 0.25) is 5.02 Å². The summed E-state index contributed by atoms with van der Waals surface area (Å²) < 4.78 is 59.6. The van der Waals surface area contributed by atoms with E-state index in [1.165, 1.54) is 0 Å². The van der Waals surface area contributed by atoms with Crippen molar-refractivity contribution in [3.8, 4) is 5.75 Å². The molecule has 0 saturated carbocycles. The smallest absolute Gasteiger partial charge is 0.387 e. The fourth-order valence-electron chi connectivity index (χ4n) is 1.87. The maximum absolute atomic E-state index is 12.6. The lowest BCUT2D eigenvalue weighted by Crippen LogP contribution is -2.37. The van der Waals surface area contributed by atoms with E-state index in [1.807, 2.05) is 0 Å². The molecule has 0 radical (unpaired) electrons. The van der Waals surface area contributed by atoms with Crippen molar-refractivity contribution in [3.05, 3.63) is 23.2 Å². The molecular weight excluding hydrogens is 368 g/mol. The van der Waals surface area contributed by atoms with Crippen LogP contribution in [0.25, 0.3) is 0 Å². The predicted molar refractivity (Wildman–Crippen MR) is 83.8 cm³/mol. The first-order chi connectivity index (χ1) is 11.2. The first-order valence-electron chi connectivity index (χ1n) is 7.12. The van der Waals surface area contributed by atoms with Gasteiger partial charge < -0.3 is 9.47 Å². The van der Waals surface area contributed by atoms with E-state index in [-0.39, 0.29) is 28.8 Å². The summed E-state index contributed by atoms with van der Waals surface area (Å²) in [5.74, 6) is -1.02. The molecule has 0 heterocycles. The summed E-state index contributed by atoms with van der Waals surface area (Å²) in [6.45, 7) is 0.0542. The van der Waals surface area contributed by atoms with Crippen LogP contribution in [0.3, 0.4) is 0 Å². The summed E-state index contributed by atoms with van der Waals surface area (Å²) in [6.07, 6.45) is 0.471. The minimum Gasteiger partial charge on any atom is -0.465 e. The van der Waals surface area contributed by atoms with Gasteiger partial charge in [-0.3, -0.25) is 4.79 Å². The molecule has 10 heteroatoms. The largest absolute Gasteiger partial charge is 0.465 e. The van der Waals surface area contributed by atoms with Gasteiger partial charge in [-0.05, 0) is 31.5 Å².